The number of hydrogen-bond acceptors (Lipinski definition) is 5. The molecule has 4 rings (SSSR count). The molecule has 2 aromatic heterocycles. The van der Waals surface area contributed by atoms with Crippen LogP contribution in [0, 0.1) is 0 Å². The molecule has 0 N–H and O–H groups in total. The molecule has 138 valence electrons. The van der Waals surface area contributed by atoms with Gasteiger partial charge in [0, 0.05) is 11.3 Å². The predicted octanol–water partition coefficient (Wildman–Crippen LogP) is 5.21. The summed E-state index contributed by atoms with van der Waals surface area (Å²) in [6.45, 7) is 2.58. The Morgan fingerprint density at radius 2 is 1.96 bits per heavy atom. The summed E-state index contributed by atoms with van der Waals surface area (Å²) in [4.78, 5) is 9.35. The van der Waals surface area contributed by atoms with Gasteiger partial charge in [-0.3, -0.25) is 9.56 Å². The third-order valence-electron chi connectivity index (χ3n) is 4.24. The molecule has 0 saturated carbocycles. The summed E-state index contributed by atoms with van der Waals surface area (Å²) in [6, 6.07) is 11.3. The van der Waals surface area contributed by atoms with E-state index in [1.807, 2.05) is 34.9 Å². The van der Waals surface area contributed by atoms with Crippen LogP contribution in [0.1, 0.15) is 36.8 Å². The number of thioether (sulfide) groups is 1. The third kappa shape index (κ3) is 3.61. The van der Waals surface area contributed by atoms with Crippen molar-refractivity contribution in [1.82, 2.24) is 19.7 Å². The minimum absolute atomic E-state index is 0.399. The van der Waals surface area contributed by atoms with Crippen LogP contribution in [0.5, 0.6) is 0 Å². The Bertz CT molecular complexity index is 1020. The molecule has 8 heteroatoms. The van der Waals surface area contributed by atoms with E-state index in [0.29, 0.717) is 28.1 Å². The Hall–Kier alpha value is -1.89. The van der Waals surface area contributed by atoms with E-state index in [1.165, 1.54) is 0 Å². The maximum atomic E-state index is 6.44. The second-order valence-corrected chi connectivity index (χ2v) is 7.94. The second kappa shape index (κ2) is 8.00. The van der Waals surface area contributed by atoms with Crippen LogP contribution in [0.25, 0.3) is 5.69 Å². The SMILES string of the molecule is CCCCSc1nnc2n1-c1ccc(Cl)nc1C(c1ccccc1Cl)=NC2. The highest BCUT2D eigenvalue weighted by molar-refractivity contribution is 7.99. The highest BCUT2D eigenvalue weighted by Gasteiger charge is 2.25. The number of aliphatic imine (C=N–C) groups is 1. The van der Waals surface area contributed by atoms with Crippen LogP contribution in [0.15, 0.2) is 46.5 Å². The maximum absolute atomic E-state index is 6.44. The Morgan fingerprint density at radius 3 is 2.78 bits per heavy atom. The quantitative estimate of drug-likeness (QED) is 0.324. The summed E-state index contributed by atoms with van der Waals surface area (Å²) in [5.41, 5.74) is 3.10. The molecule has 3 heterocycles. The molecule has 0 aliphatic carbocycles. The van der Waals surface area contributed by atoms with Crippen molar-refractivity contribution in [3.8, 4) is 5.69 Å². The van der Waals surface area contributed by atoms with Crippen LogP contribution < -0.4 is 0 Å². The zero-order chi connectivity index (χ0) is 18.8. The Balaban J connectivity index is 1.86. The summed E-state index contributed by atoms with van der Waals surface area (Å²) in [7, 11) is 0. The van der Waals surface area contributed by atoms with Gasteiger partial charge in [-0.1, -0.05) is 66.5 Å². The van der Waals surface area contributed by atoms with Crippen molar-refractivity contribution < 1.29 is 0 Å². The number of fused-ring (bicyclic) bond motifs is 3. The fourth-order valence-corrected chi connectivity index (χ4v) is 4.34. The van der Waals surface area contributed by atoms with Gasteiger partial charge in [0.15, 0.2) is 11.0 Å². The topological polar surface area (TPSA) is 56.0 Å². The molecule has 0 amide bonds. The Morgan fingerprint density at radius 1 is 1.11 bits per heavy atom. The molecule has 1 aliphatic heterocycles. The van der Waals surface area contributed by atoms with Gasteiger partial charge in [-0.2, -0.15) is 0 Å². The van der Waals surface area contributed by atoms with E-state index in [-0.39, 0.29) is 0 Å². The Labute approximate surface area is 171 Å². The van der Waals surface area contributed by atoms with Crippen LogP contribution >= 0.6 is 35.0 Å². The number of pyridine rings is 1. The number of aromatic nitrogens is 4. The number of nitrogens with zero attached hydrogens (tertiary/aromatic N) is 5. The lowest BCUT2D eigenvalue weighted by Crippen LogP contribution is -2.11. The van der Waals surface area contributed by atoms with Gasteiger partial charge in [0.05, 0.1) is 16.4 Å². The first-order valence-electron chi connectivity index (χ1n) is 8.72. The van der Waals surface area contributed by atoms with Crippen molar-refractivity contribution in [3.63, 3.8) is 0 Å². The highest BCUT2D eigenvalue weighted by Crippen LogP contribution is 2.31. The molecule has 0 radical (unpaired) electrons. The number of benzene rings is 1. The summed E-state index contributed by atoms with van der Waals surface area (Å²) >= 11 is 14.4. The summed E-state index contributed by atoms with van der Waals surface area (Å²) < 4.78 is 2.03. The first kappa shape index (κ1) is 18.5. The van der Waals surface area contributed by atoms with Gasteiger partial charge < -0.3 is 0 Å². The molecule has 1 aromatic carbocycles. The lowest BCUT2D eigenvalue weighted by atomic mass is 10.1. The van der Waals surface area contributed by atoms with E-state index in [1.54, 1.807) is 17.8 Å². The molecule has 3 aromatic rings. The van der Waals surface area contributed by atoms with Crippen molar-refractivity contribution in [2.75, 3.05) is 5.75 Å². The molecule has 0 saturated heterocycles. The third-order valence-corrected chi connectivity index (χ3v) is 5.80. The van der Waals surface area contributed by atoms with Gasteiger partial charge >= 0.3 is 0 Å². The van der Waals surface area contributed by atoms with Gasteiger partial charge in [-0.25, -0.2) is 4.98 Å². The standard InChI is InChI=1S/C19H17Cl2N5S/c1-2-3-10-27-19-25-24-16-11-22-17(12-6-4-5-7-13(12)20)18-14(26(16)19)8-9-15(21)23-18/h4-9H,2-3,10-11H2,1H3. The molecule has 27 heavy (non-hydrogen) atoms. The van der Waals surface area contributed by atoms with Crippen LogP contribution in [0.3, 0.4) is 0 Å². The molecule has 1 aliphatic rings. The predicted molar refractivity (Wildman–Crippen MR) is 111 cm³/mol. The van der Waals surface area contributed by atoms with E-state index in [0.717, 1.165) is 40.8 Å². The first-order valence-corrected chi connectivity index (χ1v) is 10.5. The number of hydrogen-bond donors (Lipinski definition) is 0. The van der Waals surface area contributed by atoms with Crippen molar-refractivity contribution in [1.29, 1.82) is 0 Å². The monoisotopic (exact) mass is 417 g/mol. The van der Waals surface area contributed by atoms with Gasteiger partial charge in [-0.05, 0) is 24.6 Å². The number of unbranched alkanes of at least 4 members (excludes halogenated alkanes) is 1. The van der Waals surface area contributed by atoms with Crippen LogP contribution in [-0.2, 0) is 6.54 Å². The minimum Gasteiger partial charge on any atom is -0.274 e. The zero-order valence-electron chi connectivity index (χ0n) is 14.7. The average molecular weight is 418 g/mol. The van der Waals surface area contributed by atoms with Crippen molar-refractivity contribution in [2.45, 2.75) is 31.5 Å². The summed E-state index contributed by atoms with van der Waals surface area (Å²) in [6.07, 6.45) is 2.27. The van der Waals surface area contributed by atoms with Gasteiger partial charge in [-0.15, -0.1) is 10.2 Å². The van der Waals surface area contributed by atoms with Crippen molar-refractivity contribution >= 4 is 40.7 Å². The molecule has 5 nitrogen and oxygen atoms in total. The van der Waals surface area contributed by atoms with Gasteiger partial charge in [0.2, 0.25) is 0 Å². The van der Waals surface area contributed by atoms with Gasteiger partial charge in [0.25, 0.3) is 0 Å². The van der Waals surface area contributed by atoms with E-state index < -0.39 is 0 Å². The molecule has 0 fully saturated rings. The van der Waals surface area contributed by atoms with E-state index in [2.05, 4.69) is 22.1 Å². The number of rotatable bonds is 5. The highest BCUT2D eigenvalue weighted by atomic mass is 35.5. The zero-order valence-corrected chi connectivity index (χ0v) is 17.0. The fourth-order valence-electron chi connectivity index (χ4n) is 2.92. The maximum Gasteiger partial charge on any atom is 0.195 e. The van der Waals surface area contributed by atoms with Crippen LogP contribution in [0.2, 0.25) is 10.2 Å². The second-order valence-electron chi connectivity index (χ2n) is 6.08. The molecule has 0 bridgehead atoms. The lowest BCUT2D eigenvalue weighted by molar-refractivity contribution is 0.826. The van der Waals surface area contributed by atoms with Gasteiger partial charge in [0.1, 0.15) is 17.4 Å². The molecule has 0 unspecified atom stereocenters. The number of halogens is 2. The average Bonchev–Trinajstić information content (AvgIpc) is 2.99. The normalized spacial score (nSPS) is 12.9. The van der Waals surface area contributed by atoms with Crippen molar-refractivity contribution in [2.24, 2.45) is 4.99 Å². The van der Waals surface area contributed by atoms with E-state index >= 15 is 0 Å². The lowest BCUT2D eigenvalue weighted by Gasteiger charge is -2.13. The molecular weight excluding hydrogens is 401 g/mol. The van der Waals surface area contributed by atoms with E-state index in [9.17, 15) is 0 Å². The summed E-state index contributed by atoms with van der Waals surface area (Å²) in [5, 5.41) is 10.6. The van der Waals surface area contributed by atoms with E-state index in [4.69, 9.17) is 28.2 Å². The molecule has 0 atom stereocenters. The van der Waals surface area contributed by atoms with Crippen LogP contribution in [-0.4, -0.2) is 31.2 Å². The Kier molecular flexibility index (Phi) is 5.48. The first-order chi connectivity index (χ1) is 13.2. The minimum atomic E-state index is 0.399. The van der Waals surface area contributed by atoms with Crippen molar-refractivity contribution in [3.05, 3.63) is 63.7 Å². The fraction of sp³-hybridized carbons (Fsp3) is 0.263. The van der Waals surface area contributed by atoms with Crippen LogP contribution in [0.4, 0.5) is 0 Å². The largest absolute Gasteiger partial charge is 0.274 e. The molecular formula is C19H17Cl2N5S. The molecule has 0 spiro atoms. The smallest absolute Gasteiger partial charge is 0.195 e. The summed E-state index contributed by atoms with van der Waals surface area (Å²) in [5.74, 6) is 1.77.